The zero-order chi connectivity index (χ0) is 29.3. The van der Waals surface area contributed by atoms with E-state index in [2.05, 4.69) is 25.7 Å². The maximum Gasteiger partial charge on any atom is 0.423 e. The third-order valence-electron chi connectivity index (χ3n) is 5.57. The van der Waals surface area contributed by atoms with Crippen molar-refractivity contribution in [2.75, 3.05) is 26.5 Å². The van der Waals surface area contributed by atoms with Crippen molar-refractivity contribution in [2.24, 2.45) is 0 Å². The number of thioether (sulfide) groups is 1. The molecule has 0 unspecified atom stereocenters. The molecule has 0 aliphatic rings. The minimum Gasteiger partial charge on any atom is -0.513 e. The van der Waals surface area contributed by atoms with Crippen LogP contribution < -0.4 is 10.9 Å². The largest absolute Gasteiger partial charge is 0.513 e. The molecule has 0 saturated carbocycles. The molecular weight excluding hydrogens is 515 g/mol. The number of aliphatic hydroxyl groups is 1. The fourth-order valence-electron chi connectivity index (χ4n) is 3.38. The summed E-state index contributed by atoms with van der Waals surface area (Å²) in [5.41, 5.74) is -1.51. The summed E-state index contributed by atoms with van der Waals surface area (Å²) in [6, 6.07) is 4.01. The van der Waals surface area contributed by atoms with Gasteiger partial charge in [-0.25, -0.2) is 4.79 Å². The molecule has 0 aliphatic carbocycles. The number of unbranched alkanes of at least 4 members (excludes halogenated alkanes) is 6. The van der Waals surface area contributed by atoms with Crippen molar-refractivity contribution >= 4 is 22.7 Å². The lowest BCUT2D eigenvalue weighted by Gasteiger charge is -2.13. The van der Waals surface area contributed by atoms with E-state index in [0.29, 0.717) is 11.4 Å². The highest BCUT2D eigenvalue weighted by Gasteiger charge is 2.37. The molecule has 0 bridgehead atoms. The maximum atomic E-state index is 13.1. The second kappa shape index (κ2) is 19.1. The molecule has 1 aromatic heterocycles. The van der Waals surface area contributed by atoms with Gasteiger partial charge in [0.15, 0.2) is 0 Å². The van der Waals surface area contributed by atoms with E-state index in [1.807, 2.05) is 14.0 Å². The van der Waals surface area contributed by atoms with E-state index in [1.165, 1.54) is 39.5 Å². The Bertz CT molecular complexity index is 1020. The molecule has 9 heteroatoms. The van der Waals surface area contributed by atoms with Gasteiger partial charge in [0.1, 0.15) is 11.1 Å². The summed E-state index contributed by atoms with van der Waals surface area (Å²) in [7, 11) is 3.67. The first-order valence-electron chi connectivity index (χ1n) is 13.0. The van der Waals surface area contributed by atoms with Gasteiger partial charge in [-0.15, -0.1) is 11.8 Å². The molecule has 5 nitrogen and oxygen atoms in total. The number of hydrogen-bond acceptors (Lipinski definition) is 6. The van der Waals surface area contributed by atoms with Gasteiger partial charge in [-0.1, -0.05) is 52.5 Å². The first-order valence-corrected chi connectivity index (χ1v) is 14.0. The van der Waals surface area contributed by atoms with E-state index in [0.717, 1.165) is 42.1 Å². The number of fused-ring (bicyclic) bond motifs is 1. The number of aliphatic hydroxyl groups excluding tert-OH is 1. The monoisotopic (exact) mass is 561 g/mol. The SMILES string of the molecule is C=C(C)O.CNC(C)C.COCCCCCCCCCSc1cc2oc(=O)c(C(F)(F)F)c(C)c2cc1C. The van der Waals surface area contributed by atoms with Gasteiger partial charge in [-0.05, 0) is 69.7 Å². The predicted molar refractivity (Wildman–Crippen MR) is 154 cm³/mol. The molecule has 0 saturated heterocycles. The van der Waals surface area contributed by atoms with E-state index < -0.39 is 17.4 Å². The van der Waals surface area contributed by atoms with E-state index in [-0.39, 0.29) is 16.9 Å². The standard InChI is InChI=1S/C22H29F3O3S.C4H11N.C3H6O/c1-15-13-17-16(2)20(22(23,24)25)21(26)28-18(17)14-19(15)29-12-10-8-6-4-5-7-9-11-27-3;1-4(2)5-3;1-3(2)4/h13-14H,4-12H2,1-3H3;4-5H,1-3H3;4H,1H2,2H3. The summed E-state index contributed by atoms with van der Waals surface area (Å²) >= 11 is 1.66. The third-order valence-corrected chi connectivity index (χ3v) is 6.82. The molecule has 0 spiro atoms. The highest BCUT2D eigenvalue weighted by molar-refractivity contribution is 7.99. The molecule has 0 atom stereocenters. The second-order valence-electron chi connectivity index (χ2n) is 9.50. The summed E-state index contributed by atoms with van der Waals surface area (Å²) in [6.07, 6.45) is 3.52. The average Bonchev–Trinajstić information content (AvgIpc) is 2.80. The van der Waals surface area contributed by atoms with E-state index >= 15 is 0 Å². The van der Waals surface area contributed by atoms with Crippen LogP contribution in [0.1, 0.15) is 82.4 Å². The van der Waals surface area contributed by atoms with Gasteiger partial charge in [0.05, 0.1) is 5.76 Å². The fraction of sp³-hybridized carbons (Fsp3) is 0.621. The number of allylic oxidation sites excluding steroid dienone is 1. The Morgan fingerprint density at radius 1 is 1.11 bits per heavy atom. The Hall–Kier alpha value is -1.97. The zero-order valence-corrected chi connectivity index (χ0v) is 24.8. The molecule has 2 rings (SSSR count). The van der Waals surface area contributed by atoms with Gasteiger partial charge < -0.3 is 19.6 Å². The van der Waals surface area contributed by atoms with Crippen molar-refractivity contribution in [1.29, 1.82) is 0 Å². The number of hydrogen-bond donors (Lipinski definition) is 2. The van der Waals surface area contributed by atoms with Crippen molar-refractivity contribution in [3.05, 3.63) is 51.6 Å². The Morgan fingerprint density at radius 2 is 1.61 bits per heavy atom. The van der Waals surface area contributed by atoms with Gasteiger partial charge in [-0.2, -0.15) is 13.2 Å². The lowest BCUT2D eigenvalue weighted by Crippen LogP contribution is -2.20. The Morgan fingerprint density at radius 3 is 2.08 bits per heavy atom. The quantitative estimate of drug-likeness (QED) is 0.117. The van der Waals surface area contributed by atoms with Crippen LogP contribution >= 0.6 is 11.8 Å². The van der Waals surface area contributed by atoms with E-state index in [4.69, 9.17) is 14.3 Å². The molecule has 2 aromatic rings. The van der Waals surface area contributed by atoms with Crippen LogP contribution in [-0.4, -0.2) is 37.7 Å². The molecular formula is C29H46F3NO4S. The van der Waals surface area contributed by atoms with Crippen LogP contribution in [0, 0.1) is 13.8 Å². The minimum absolute atomic E-state index is 0.0751. The lowest BCUT2D eigenvalue weighted by atomic mass is 10.0. The lowest BCUT2D eigenvalue weighted by molar-refractivity contribution is -0.140. The fourth-order valence-corrected chi connectivity index (χ4v) is 4.43. The minimum atomic E-state index is -4.72. The number of benzene rings is 1. The van der Waals surface area contributed by atoms with Crippen LogP contribution in [0.15, 0.2) is 38.6 Å². The summed E-state index contributed by atoms with van der Waals surface area (Å²) in [5, 5.41) is 11.2. The molecule has 1 heterocycles. The zero-order valence-electron chi connectivity index (χ0n) is 24.0. The number of nitrogens with one attached hydrogen (secondary N) is 1. The van der Waals surface area contributed by atoms with E-state index in [1.54, 1.807) is 31.0 Å². The molecule has 2 N–H and O–H groups in total. The van der Waals surface area contributed by atoms with Crippen LogP contribution in [0.4, 0.5) is 13.2 Å². The number of ether oxygens (including phenoxy) is 1. The summed E-state index contributed by atoms with van der Waals surface area (Å²) in [6.45, 7) is 12.9. The van der Waals surface area contributed by atoms with Gasteiger partial charge >= 0.3 is 11.8 Å². The van der Waals surface area contributed by atoms with Gasteiger partial charge in [0.25, 0.3) is 0 Å². The first kappa shape index (κ1) is 36.0. The maximum absolute atomic E-state index is 13.1. The predicted octanol–water partition coefficient (Wildman–Crippen LogP) is 8.59. The molecule has 218 valence electrons. The van der Waals surface area contributed by atoms with Crippen LogP contribution in [0.25, 0.3) is 11.0 Å². The summed E-state index contributed by atoms with van der Waals surface area (Å²) < 4.78 is 49.4. The van der Waals surface area contributed by atoms with E-state index in [9.17, 15) is 18.0 Å². The number of rotatable bonds is 12. The van der Waals surface area contributed by atoms with Crippen LogP contribution in [-0.2, 0) is 10.9 Å². The molecule has 38 heavy (non-hydrogen) atoms. The highest BCUT2D eigenvalue weighted by Crippen LogP contribution is 2.35. The summed E-state index contributed by atoms with van der Waals surface area (Å²) in [4.78, 5) is 12.8. The Labute approximate surface area is 230 Å². The molecule has 0 radical (unpaired) electrons. The van der Waals surface area contributed by atoms with Crippen LogP contribution in [0.3, 0.4) is 0 Å². The Kier molecular flexibility index (Phi) is 18.2. The molecule has 0 fully saturated rings. The smallest absolute Gasteiger partial charge is 0.423 e. The molecule has 0 aliphatic heterocycles. The highest BCUT2D eigenvalue weighted by atomic mass is 32.2. The van der Waals surface area contributed by atoms with Crippen molar-refractivity contribution in [2.45, 2.75) is 96.7 Å². The van der Waals surface area contributed by atoms with Crippen LogP contribution in [0.5, 0.6) is 0 Å². The van der Waals surface area contributed by atoms with Gasteiger partial charge in [0, 0.05) is 30.0 Å². The van der Waals surface area contributed by atoms with Crippen LogP contribution in [0.2, 0.25) is 0 Å². The Balaban J connectivity index is 0.00000131. The summed E-state index contributed by atoms with van der Waals surface area (Å²) in [5.74, 6) is 1.10. The normalized spacial score (nSPS) is 11.1. The average molecular weight is 562 g/mol. The van der Waals surface area contributed by atoms with Crippen molar-refractivity contribution in [3.8, 4) is 0 Å². The number of alkyl halides is 3. The molecule has 1 aromatic carbocycles. The number of halogens is 3. The second-order valence-corrected chi connectivity index (χ2v) is 10.6. The first-order chi connectivity index (χ1) is 17.8. The van der Waals surface area contributed by atoms with Crippen molar-refractivity contribution in [3.63, 3.8) is 0 Å². The van der Waals surface area contributed by atoms with Crippen molar-refractivity contribution < 1.29 is 27.4 Å². The number of aryl methyl sites for hydroxylation is 2. The number of methoxy groups -OCH3 is 1. The molecule has 0 amide bonds. The van der Waals surface area contributed by atoms with Gasteiger partial charge in [0.2, 0.25) is 0 Å². The topological polar surface area (TPSA) is 71.7 Å². The van der Waals surface area contributed by atoms with Gasteiger partial charge in [-0.3, -0.25) is 0 Å². The third kappa shape index (κ3) is 14.8. The van der Waals surface area contributed by atoms with Crippen molar-refractivity contribution in [1.82, 2.24) is 5.32 Å².